The van der Waals surface area contributed by atoms with Gasteiger partial charge in [0.15, 0.2) is 0 Å². The van der Waals surface area contributed by atoms with E-state index in [-0.39, 0.29) is 0 Å². The lowest BCUT2D eigenvalue weighted by atomic mass is 10.2. The van der Waals surface area contributed by atoms with Crippen molar-refractivity contribution in [2.45, 2.75) is 39.7 Å². The normalized spacial score (nSPS) is 15.1. The second-order valence-corrected chi connectivity index (χ2v) is 5.21. The van der Waals surface area contributed by atoms with Crippen molar-refractivity contribution >= 4 is 5.82 Å². The van der Waals surface area contributed by atoms with Crippen LogP contribution in [0.25, 0.3) is 0 Å². The van der Waals surface area contributed by atoms with E-state index in [0.717, 1.165) is 37.8 Å². The molecule has 1 aromatic rings. The Balaban J connectivity index is 1.96. The van der Waals surface area contributed by atoms with Gasteiger partial charge < -0.3 is 5.32 Å². The highest BCUT2D eigenvalue weighted by molar-refractivity contribution is 5.43. The third kappa shape index (κ3) is 3.98. The fraction of sp³-hybridized carbons (Fsp3) is 0.667. The molecule has 3 heteroatoms. The maximum atomic E-state index is 4.46. The molecule has 0 aromatic carbocycles. The van der Waals surface area contributed by atoms with Crippen molar-refractivity contribution in [2.75, 3.05) is 25.0 Å². The van der Waals surface area contributed by atoms with Gasteiger partial charge in [-0.15, -0.1) is 0 Å². The first-order valence-corrected chi connectivity index (χ1v) is 7.23. The minimum absolute atomic E-state index is 0.952. The summed E-state index contributed by atoms with van der Waals surface area (Å²) >= 11 is 0. The molecule has 0 bridgehead atoms. The molecule has 0 spiro atoms. The molecule has 0 saturated heterocycles. The van der Waals surface area contributed by atoms with Gasteiger partial charge in [0, 0.05) is 31.4 Å². The Kier molecular flexibility index (Phi) is 5.00. The number of pyridine rings is 1. The van der Waals surface area contributed by atoms with Crippen LogP contribution in [0.2, 0.25) is 0 Å². The average molecular weight is 247 g/mol. The van der Waals surface area contributed by atoms with Crippen LogP contribution in [0.3, 0.4) is 0 Å². The summed E-state index contributed by atoms with van der Waals surface area (Å²) in [5.41, 5.74) is 1.33. The van der Waals surface area contributed by atoms with E-state index in [1.807, 2.05) is 12.3 Å². The molecule has 0 radical (unpaired) electrons. The summed E-state index contributed by atoms with van der Waals surface area (Å²) in [7, 11) is 0. The fourth-order valence-electron chi connectivity index (χ4n) is 2.18. The first-order chi connectivity index (χ1) is 8.83. The average Bonchev–Trinajstić information content (AvgIpc) is 3.21. The van der Waals surface area contributed by atoms with E-state index in [0.29, 0.717) is 0 Å². The molecule has 1 N–H and O–H groups in total. The minimum atomic E-state index is 0.952. The lowest BCUT2D eigenvalue weighted by Gasteiger charge is -2.21. The topological polar surface area (TPSA) is 28.2 Å². The van der Waals surface area contributed by atoms with E-state index in [4.69, 9.17) is 0 Å². The van der Waals surface area contributed by atoms with Gasteiger partial charge in [0.2, 0.25) is 0 Å². The second kappa shape index (κ2) is 6.74. The van der Waals surface area contributed by atoms with Crippen LogP contribution in [-0.2, 0) is 6.54 Å². The van der Waals surface area contributed by atoms with Crippen LogP contribution < -0.4 is 5.32 Å². The highest BCUT2D eigenvalue weighted by atomic mass is 15.1. The molecule has 0 aliphatic heterocycles. The molecule has 1 aliphatic carbocycles. The van der Waals surface area contributed by atoms with Gasteiger partial charge in [-0.2, -0.15) is 0 Å². The van der Waals surface area contributed by atoms with Gasteiger partial charge in [-0.3, -0.25) is 4.90 Å². The van der Waals surface area contributed by atoms with Gasteiger partial charge in [-0.25, -0.2) is 4.98 Å². The first-order valence-electron chi connectivity index (χ1n) is 7.23. The van der Waals surface area contributed by atoms with Crippen LogP contribution >= 0.6 is 0 Å². The molecule has 0 amide bonds. The van der Waals surface area contributed by atoms with Crippen LogP contribution in [0, 0.1) is 5.92 Å². The van der Waals surface area contributed by atoms with E-state index >= 15 is 0 Å². The fourth-order valence-corrected chi connectivity index (χ4v) is 2.18. The van der Waals surface area contributed by atoms with Gasteiger partial charge in [-0.1, -0.05) is 19.9 Å². The van der Waals surface area contributed by atoms with Crippen LogP contribution in [0.15, 0.2) is 18.3 Å². The molecule has 1 fully saturated rings. The minimum Gasteiger partial charge on any atom is -0.370 e. The zero-order chi connectivity index (χ0) is 12.8. The Morgan fingerprint density at radius 2 is 2.22 bits per heavy atom. The number of rotatable bonds is 8. The molecular formula is C15H25N3. The molecular weight excluding hydrogens is 222 g/mol. The predicted octanol–water partition coefficient (Wildman–Crippen LogP) is 3.14. The molecule has 1 saturated carbocycles. The zero-order valence-corrected chi connectivity index (χ0v) is 11.7. The summed E-state index contributed by atoms with van der Waals surface area (Å²) in [6, 6.07) is 4.23. The molecule has 3 nitrogen and oxygen atoms in total. The summed E-state index contributed by atoms with van der Waals surface area (Å²) < 4.78 is 0. The Hall–Kier alpha value is -1.09. The molecule has 0 unspecified atom stereocenters. The van der Waals surface area contributed by atoms with E-state index < -0.39 is 0 Å². The lowest BCUT2D eigenvalue weighted by molar-refractivity contribution is 0.268. The number of hydrogen-bond donors (Lipinski definition) is 1. The van der Waals surface area contributed by atoms with E-state index in [1.54, 1.807) is 0 Å². The van der Waals surface area contributed by atoms with Crippen molar-refractivity contribution in [1.82, 2.24) is 9.88 Å². The van der Waals surface area contributed by atoms with E-state index in [9.17, 15) is 0 Å². The van der Waals surface area contributed by atoms with Crippen molar-refractivity contribution in [1.29, 1.82) is 0 Å². The Labute approximate surface area is 111 Å². The Bertz CT molecular complexity index is 361. The third-order valence-electron chi connectivity index (χ3n) is 3.49. The summed E-state index contributed by atoms with van der Waals surface area (Å²) in [5, 5.41) is 3.42. The predicted molar refractivity (Wildman–Crippen MR) is 76.7 cm³/mol. The van der Waals surface area contributed by atoms with Gasteiger partial charge in [-0.05, 0) is 37.8 Å². The highest BCUT2D eigenvalue weighted by Gasteiger charge is 2.23. The van der Waals surface area contributed by atoms with E-state index in [2.05, 4.69) is 35.1 Å². The van der Waals surface area contributed by atoms with Crippen molar-refractivity contribution in [3.63, 3.8) is 0 Å². The summed E-state index contributed by atoms with van der Waals surface area (Å²) in [4.78, 5) is 6.99. The number of aromatic nitrogens is 1. The third-order valence-corrected chi connectivity index (χ3v) is 3.49. The quantitative estimate of drug-likeness (QED) is 0.765. The number of nitrogens with one attached hydrogen (secondary N) is 1. The number of anilines is 1. The second-order valence-electron chi connectivity index (χ2n) is 5.21. The number of hydrogen-bond acceptors (Lipinski definition) is 3. The molecule has 1 aromatic heterocycles. The summed E-state index contributed by atoms with van der Waals surface area (Å²) in [6.07, 6.45) is 5.85. The van der Waals surface area contributed by atoms with Crippen molar-refractivity contribution in [3.05, 3.63) is 23.9 Å². The highest BCUT2D eigenvalue weighted by Crippen LogP contribution is 2.30. The largest absolute Gasteiger partial charge is 0.370 e. The van der Waals surface area contributed by atoms with Crippen molar-refractivity contribution in [2.24, 2.45) is 5.92 Å². The molecule has 1 heterocycles. The van der Waals surface area contributed by atoms with Gasteiger partial charge in [0.1, 0.15) is 5.82 Å². The smallest absolute Gasteiger partial charge is 0.130 e. The van der Waals surface area contributed by atoms with Crippen LogP contribution in [0.4, 0.5) is 5.82 Å². The van der Waals surface area contributed by atoms with Crippen LogP contribution in [0.1, 0.15) is 38.7 Å². The maximum absolute atomic E-state index is 4.46. The molecule has 18 heavy (non-hydrogen) atoms. The number of nitrogens with zero attached hydrogens (tertiary/aromatic N) is 2. The molecule has 100 valence electrons. The SMILES string of the molecule is CCCNc1ncccc1CN(CC)CC1CC1. The Morgan fingerprint density at radius 1 is 1.39 bits per heavy atom. The zero-order valence-electron chi connectivity index (χ0n) is 11.7. The summed E-state index contributed by atoms with van der Waals surface area (Å²) in [6.45, 7) is 8.82. The maximum Gasteiger partial charge on any atom is 0.130 e. The van der Waals surface area contributed by atoms with Gasteiger partial charge in [0.25, 0.3) is 0 Å². The standard InChI is InChI=1S/C15H25N3/c1-3-9-16-15-14(6-5-10-17-15)12-18(4-2)11-13-7-8-13/h5-6,10,13H,3-4,7-9,11-12H2,1-2H3,(H,16,17). The Morgan fingerprint density at radius 3 is 2.89 bits per heavy atom. The van der Waals surface area contributed by atoms with Crippen molar-refractivity contribution < 1.29 is 0 Å². The van der Waals surface area contributed by atoms with Crippen LogP contribution in [-0.4, -0.2) is 29.5 Å². The van der Waals surface area contributed by atoms with E-state index in [1.165, 1.54) is 24.9 Å². The lowest BCUT2D eigenvalue weighted by Crippen LogP contribution is -2.25. The van der Waals surface area contributed by atoms with Crippen LogP contribution in [0.5, 0.6) is 0 Å². The summed E-state index contributed by atoms with van der Waals surface area (Å²) in [5.74, 6) is 2.02. The van der Waals surface area contributed by atoms with Crippen molar-refractivity contribution in [3.8, 4) is 0 Å². The molecule has 2 rings (SSSR count). The van der Waals surface area contributed by atoms with Gasteiger partial charge in [0.05, 0.1) is 0 Å². The molecule has 0 atom stereocenters. The molecule has 1 aliphatic rings. The first kappa shape index (κ1) is 13.3. The monoisotopic (exact) mass is 247 g/mol. The van der Waals surface area contributed by atoms with Gasteiger partial charge >= 0.3 is 0 Å².